The average molecular weight is 286 g/mol. The molecule has 2 aliphatic carbocycles. The summed E-state index contributed by atoms with van der Waals surface area (Å²) in [6, 6.07) is 4.31. The molecule has 0 aromatic heterocycles. The van der Waals surface area contributed by atoms with Crippen molar-refractivity contribution >= 4 is 0 Å². The van der Waals surface area contributed by atoms with Crippen molar-refractivity contribution < 1.29 is 5.11 Å². The molecule has 1 nitrogen and oxygen atoms in total. The van der Waals surface area contributed by atoms with Crippen LogP contribution in [-0.2, 0) is 5.41 Å². The zero-order valence-corrected chi connectivity index (χ0v) is 13.8. The van der Waals surface area contributed by atoms with Crippen molar-refractivity contribution in [2.75, 3.05) is 0 Å². The first kappa shape index (κ1) is 14.9. The van der Waals surface area contributed by atoms with Gasteiger partial charge in [0.1, 0.15) is 5.75 Å². The van der Waals surface area contributed by atoms with Crippen LogP contribution in [-0.4, -0.2) is 5.11 Å². The van der Waals surface area contributed by atoms with E-state index in [1.54, 1.807) is 5.56 Å². The zero-order valence-electron chi connectivity index (χ0n) is 13.8. The number of phenols is 1. The highest BCUT2D eigenvalue weighted by Crippen LogP contribution is 2.51. The van der Waals surface area contributed by atoms with Crippen molar-refractivity contribution in [1.82, 2.24) is 0 Å². The summed E-state index contributed by atoms with van der Waals surface area (Å²) >= 11 is 0. The second kappa shape index (κ2) is 6.02. The van der Waals surface area contributed by atoms with Crippen LogP contribution in [0.1, 0.15) is 80.9 Å². The highest BCUT2D eigenvalue weighted by atomic mass is 16.3. The topological polar surface area (TPSA) is 20.2 Å². The molecule has 116 valence electrons. The minimum Gasteiger partial charge on any atom is -0.508 e. The summed E-state index contributed by atoms with van der Waals surface area (Å²) in [5, 5.41) is 10.0. The molecular weight excluding hydrogens is 256 g/mol. The van der Waals surface area contributed by atoms with Crippen molar-refractivity contribution in [3.8, 4) is 5.75 Å². The summed E-state index contributed by atoms with van der Waals surface area (Å²) in [6.07, 6.45) is 14.0. The third kappa shape index (κ3) is 2.72. The van der Waals surface area contributed by atoms with E-state index in [0.29, 0.717) is 11.2 Å². The minimum absolute atomic E-state index is 0.404. The Balaban J connectivity index is 2.04. The van der Waals surface area contributed by atoms with E-state index in [-0.39, 0.29) is 0 Å². The molecule has 0 saturated heterocycles. The number of hydrogen-bond donors (Lipinski definition) is 1. The summed E-state index contributed by atoms with van der Waals surface area (Å²) in [4.78, 5) is 0. The third-order valence-electron chi connectivity index (χ3n) is 6.21. The maximum absolute atomic E-state index is 10.0. The Morgan fingerprint density at radius 1 is 0.857 bits per heavy atom. The SMILES string of the molecule is Cc1cc(C2(C3CCCCC3)CCCCC2)c(C)cc1O. The van der Waals surface area contributed by atoms with Crippen LogP contribution >= 0.6 is 0 Å². The van der Waals surface area contributed by atoms with E-state index in [1.807, 2.05) is 6.07 Å². The monoisotopic (exact) mass is 286 g/mol. The first-order valence-corrected chi connectivity index (χ1v) is 8.94. The molecular formula is C20H30O. The molecule has 0 radical (unpaired) electrons. The predicted octanol–water partition coefficient (Wildman–Crippen LogP) is 5.79. The molecule has 2 saturated carbocycles. The van der Waals surface area contributed by atoms with Gasteiger partial charge in [-0.15, -0.1) is 0 Å². The molecule has 0 unspecified atom stereocenters. The van der Waals surface area contributed by atoms with Gasteiger partial charge in [-0.3, -0.25) is 0 Å². The maximum Gasteiger partial charge on any atom is 0.118 e. The van der Waals surface area contributed by atoms with Crippen LogP contribution < -0.4 is 0 Å². The molecule has 1 aromatic rings. The highest BCUT2D eigenvalue weighted by Gasteiger charge is 2.42. The Labute approximate surface area is 129 Å². The Morgan fingerprint density at radius 2 is 1.48 bits per heavy atom. The van der Waals surface area contributed by atoms with E-state index in [1.165, 1.54) is 69.8 Å². The van der Waals surface area contributed by atoms with Gasteiger partial charge in [-0.05, 0) is 73.6 Å². The lowest BCUT2D eigenvalue weighted by molar-refractivity contribution is 0.147. The van der Waals surface area contributed by atoms with Crippen molar-refractivity contribution in [1.29, 1.82) is 0 Å². The van der Waals surface area contributed by atoms with E-state index in [0.717, 1.165) is 11.5 Å². The van der Waals surface area contributed by atoms with E-state index >= 15 is 0 Å². The van der Waals surface area contributed by atoms with Gasteiger partial charge in [-0.25, -0.2) is 0 Å². The van der Waals surface area contributed by atoms with Crippen LogP contribution in [0.3, 0.4) is 0 Å². The highest BCUT2D eigenvalue weighted by molar-refractivity contribution is 5.45. The molecule has 3 rings (SSSR count). The molecule has 0 bridgehead atoms. The number of aromatic hydroxyl groups is 1. The molecule has 0 amide bonds. The van der Waals surface area contributed by atoms with E-state index in [2.05, 4.69) is 19.9 Å². The molecule has 21 heavy (non-hydrogen) atoms. The van der Waals surface area contributed by atoms with Crippen LogP contribution in [0, 0.1) is 19.8 Å². The molecule has 1 heteroatoms. The maximum atomic E-state index is 10.0. The molecule has 1 N–H and O–H groups in total. The largest absolute Gasteiger partial charge is 0.508 e. The van der Waals surface area contributed by atoms with Crippen molar-refractivity contribution in [2.24, 2.45) is 5.92 Å². The smallest absolute Gasteiger partial charge is 0.118 e. The normalized spacial score (nSPS) is 23.1. The number of phenolic OH excluding ortho intramolecular Hbond substituents is 1. The van der Waals surface area contributed by atoms with E-state index < -0.39 is 0 Å². The van der Waals surface area contributed by atoms with Gasteiger partial charge < -0.3 is 5.11 Å². The molecule has 1 aromatic carbocycles. The van der Waals surface area contributed by atoms with Gasteiger partial charge in [-0.2, -0.15) is 0 Å². The quantitative estimate of drug-likeness (QED) is 0.729. The van der Waals surface area contributed by atoms with Crippen LogP contribution in [0.2, 0.25) is 0 Å². The summed E-state index contributed by atoms with van der Waals surface area (Å²) in [5.74, 6) is 1.33. The summed E-state index contributed by atoms with van der Waals surface area (Å²) in [6.45, 7) is 4.25. The van der Waals surface area contributed by atoms with Crippen molar-refractivity contribution in [3.63, 3.8) is 0 Å². The predicted molar refractivity (Wildman–Crippen MR) is 88.9 cm³/mol. The Kier molecular flexibility index (Phi) is 4.28. The van der Waals surface area contributed by atoms with Gasteiger partial charge in [0, 0.05) is 0 Å². The lowest BCUT2D eigenvalue weighted by Crippen LogP contribution is -2.39. The van der Waals surface area contributed by atoms with Gasteiger partial charge >= 0.3 is 0 Å². The second-order valence-corrected chi connectivity index (χ2v) is 7.51. The van der Waals surface area contributed by atoms with Crippen LogP contribution in [0.15, 0.2) is 12.1 Å². The van der Waals surface area contributed by atoms with E-state index in [4.69, 9.17) is 0 Å². The second-order valence-electron chi connectivity index (χ2n) is 7.51. The first-order valence-electron chi connectivity index (χ1n) is 8.94. The van der Waals surface area contributed by atoms with Gasteiger partial charge in [0.2, 0.25) is 0 Å². The molecule has 2 aliphatic rings. The number of benzene rings is 1. The van der Waals surface area contributed by atoms with Crippen LogP contribution in [0.25, 0.3) is 0 Å². The Morgan fingerprint density at radius 3 is 2.14 bits per heavy atom. The lowest BCUT2D eigenvalue weighted by atomic mass is 9.58. The van der Waals surface area contributed by atoms with Gasteiger partial charge in [0.05, 0.1) is 0 Å². The molecule has 0 aliphatic heterocycles. The van der Waals surface area contributed by atoms with Crippen molar-refractivity contribution in [3.05, 3.63) is 28.8 Å². The molecule has 0 spiro atoms. The van der Waals surface area contributed by atoms with Crippen LogP contribution in [0.5, 0.6) is 5.75 Å². The van der Waals surface area contributed by atoms with Gasteiger partial charge in [0.15, 0.2) is 0 Å². The number of aryl methyl sites for hydroxylation is 2. The third-order valence-corrected chi connectivity index (χ3v) is 6.21. The summed E-state index contributed by atoms with van der Waals surface area (Å²) in [7, 11) is 0. The Bertz CT molecular complexity index is 491. The average Bonchev–Trinajstić information content (AvgIpc) is 2.52. The molecule has 0 atom stereocenters. The Hall–Kier alpha value is -0.980. The van der Waals surface area contributed by atoms with Crippen molar-refractivity contribution in [2.45, 2.75) is 83.5 Å². The summed E-state index contributed by atoms with van der Waals surface area (Å²) in [5.41, 5.74) is 4.33. The first-order chi connectivity index (χ1) is 10.1. The minimum atomic E-state index is 0.404. The van der Waals surface area contributed by atoms with Gasteiger partial charge in [-0.1, -0.05) is 44.6 Å². The van der Waals surface area contributed by atoms with E-state index in [9.17, 15) is 5.11 Å². The van der Waals surface area contributed by atoms with Gasteiger partial charge in [0.25, 0.3) is 0 Å². The number of rotatable bonds is 2. The molecule has 2 fully saturated rings. The number of hydrogen-bond acceptors (Lipinski definition) is 1. The zero-order chi connectivity index (χ0) is 14.9. The standard InChI is InChI=1S/C20H30O/c1-15-14-19(21)16(2)13-18(15)20(11-7-4-8-12-20)17-9-5-3-6-10-17/h13-14,17,21H,3-12H2,1-2H3. The fraction of sp³-hybridized carbons (Fsp3) is 0.700. The summed E-state index contributed by atoms with van der Waals surface area (Å²) < 4.78 is 0. The lowest BCUT2D eigenvalue weighted by Gasteiger charge is -2.47. The fourth-order valence-corrected chi connectivity index (χ4v) is 5.07. The molecule has 0 heterocycles. The fourth-order valence-electron chi connectivity index (χ4n) is 5.07. The van der Waals surface area contributed by atoms with Crippen LogP contribution in [0.4, 0.5) is 0 Å².